The molecular formula is C14H18O2S. The standard InChI is InChI=1S/C14H18O2S/c15-10-11-5-4-6-12(9-11)17-14-8-3-1-2-7-13(14)16/h4-6,9-10,13-14,16H,1-3,7-8H2. The van der Waals surface area contributed by atoms with Crippen LogP contribution >= 0.6 is 11.8 Å². The molecule has 0 aliphatic heterocycles. The van der Waals surface area contributed by atoms with Crippen molar-refractivity contribution in [2.45, 2.75) is 48.4 Å². The average Bonchev–Trinajstić information content (AvgIpc) is 2.55. The lowest BCUT2D eigenvalue weighted by Crippen LogP contribution is -2.21. The van der Waals surface area contributed by atoms with Crippen molar-refractivity contribution in [2.24, 2.45) is 0 Å². The van der Waals surface area contributed by atoms with Crippen LogP contribution in [0.2, 0.25) is 0 Å². The summed E-state index contributed by atoms with van der Waals surface area (Å²) in [5.41, 5.74) is 0.707. The van der Waals surface area contributed by atoms with Gasteiger partial charge in [0.05, 0.1) is 6.10 Å². The molecule has 0 spiro atoms. The third-order valence-electron chi connectivity index (χ3n) is 3.20. The van der Waals surface area contributed by atoms with Crippen LogP contribution in [0, 0.1) is 0 Å². The van der Waals surface area contributed by atoms with Crippen molar-refractivity contribution in [3.63, 3.8) is 0 Å². The van der Waals surface area contributed by atoms with Gasteiger partial charge in [-0.2, -0.15) is 0 Å². The van der Waals surface area contributed by atoms with E-state index in [-0.39, 0.29) is 11.4 Å². The molecule has 0 bridgehead atoms. The molecule has 3 heteroatoms. The fourth-order valence-corrected chi connectivity index (χ4v) is 3.52. The molecule has 1 fully saturated rings. The van der Waals surface area contributed by atoms with E-state index in [4.69, 9.17) is 0 Å². The van der Waals surface area contributed by atoms with Crippen molar-refractivity contribution in [1.29, 1.82) is 0 Å². The van der Waals surface area contributed by atoms with E-state index in [1.54, 1.807) is 17.8 Å². The number of thioether (sulfide) groups is 1. The van der Waals surface area contributed by atoms with Gasteiger partial charge < -0.3 is 5.11 Å². The summed E-state index contributed by atoms with van der Waals surface area (Å²) in [4.78, 5) is 11.8. The SMILES string of the molecule is O=Cc1cccc(SC2CCCCCC2O)c1. The number of aliphatic hydroxyl groups is 1. The van der Waals surface area contributed by atoms with Crippen LogP contribution in [0.25, 0.3) is 0 Å². The molecule has 92 valence electrons. The monoisotopic (exact) mass is 250 g/mol. The summed E-state index contributed by atoms with van der Waals surface area (Å²) in [6.45, 7) is 0. The minimum absolute atomic E-state index is 0.206. The molecule has 0 amide bonds. The Morgan fingerprint density at radius 2 is 2.06 bits per heavy atom. The second-order valence-corrected chi connectivity index (χ2v) is 5.86. The van der Waals surface area contributed by atoms with E-state index in [1.165, 1.54) is 12.8 Å². The van der Waals surface area contributed by atoms with E-state index >= 15 is 0 Å². The molecule has 1 aromatic carbocycles. The van der Waals surface area contributed by atoms with Crippen molar-refractivity contribution in [2.75, 3.05) is 0 Å². The van der Waals surface area contributed by atoms with Crippen LogP contribution < -0.4 is 0 Å². The minimum atomic E-state index is -0.206. The Hall–Kier alpha value is -0.800. The largest absolute Gasteiger partial charge is 0.392 e. The Morgan fingerprint density at radius 1 is 1.24 bits per heavy atom. The van der Waals surface area contributed by atoms with Gasteiger partial charge in [-0.05, 0) is 25.0 Å². The number of carbonyl (C=O) groups excluding carboxylic acids is 1. The number of hydrogen-bond donors (Lipinski definition) is 1. The molecule has 2 nitrogen and oxygen atoms in total. The zero-order valence-electron chi connectivity index (χ0n) is 9.84. The highest BCUT2D eigenvalue weighted by molar-refractivity contribution is 8.00. The average molecular weight is 250 g/mol. The van der Waals surface area contributed by atoms with Gasteiger partial charge in [-0.1, -0.05) is 31.4 Å². The lowest BCUT2D eigenvalue weighted by molar-refractivity contribution is 0.112. The van der Waals surface area contributed by atoms with Gasteiger partial charge >= 0.3 is 0 Å². The Balaban J connectivity index is 2.05. The molecule has 0 heterocycles. The molecule has 0 saturated heterocycles. The summed E-state index contributed by atoms with van der Waals surface area (Å²) in [6, 6.07) is 7.61. The molecule has 1 aliphatic carbocycles. The van der Waals surface area contributed by atoms with Crippen LogP contribution in [0.5, 0.6) is 0 Å². The fraction of sp³-hybridized carbons (Fsp3) is 0.500. The second-order valence-electron chi connectivity index (χ2n) is 4.55. The summed E-state index contributed by atoms with van der Waals surface area (Å²) >= 11 is 1.71. The Labute approximate surface area is 106 Å². The first-order valence-electron chi connectivity index (χ1n) is 6.19. The van der Waals surface area contributed by atoms with Crippen molar-refractivity contribution in [3.8, 4) is 0 Å². The normalized spacial score (nSPS) is 25.2. The summed E-state index contributed by atoms with van der Waals surface area (Å²) in [5, 5.41) is 10.3. The van der Waals surface area contributed by atoms with Crippen molar-refractivity contribution >= 4 is 18.0 Å². The molecule has 1 saturated carbocycles. The van der Waals surface area contributed by atoms with Crippen molar-refractivity contribution < 1.29 is 9.90 Å². The highest BCUT2D eigenvalue weighted by atomic mass is 32.2. The van der Waals surface area contributed by atoms with Crippen LogP contribution in [-0.4, -0.2) is 22.7 Å². The maximum Gasteiger partial charge on any atom is 0.150 e. The number of aldehydes is 1. The lowest BCUT2D eigenvalue weighted by atomic mass is 10.1. The number of carbonyl (C=O) groups is 1. The summed E-state index contributed by atoms with van der Waals surface area (Å²) in [6.07, 6.45) is 6.19. The zero-order valence-corrected chi connectivity index (χ0v) is 10.7. The van der Waals surface area contributed by atoms with E-state index in [1.807, 2.05) is 18.2 Å². The van der Waals surface area contributed by atoms with Crippen LogP contribution in [0.3, 0.4) is 0 Å². The van der Waals surface area contributed by atoms with Gasteiger partial charge in [-0.3, -0.25) is 4.79 Å². The first-order valence-corrected chi connectivity index (χ1v) is 7.07. The smallest absolute Gasteiger partial charge is 0.150 e. The number of aliphatic hydroxyl groups excluding tert-OH is 1. The molecule has 2 atom stereocenters. The number of rotatable bonds is 3. The van der Waals surface area contributed by atoms with Crippen LogP contribution in [-0.2, 0) is 0 Å². The van der Waals surface area contributed by atoms with Crippen LogP contribution in [0.4, 0.5) is 0 Å². The van der Waals surface area contributed by atoms with Gasteiger partial charge in [0.2, 0.25) is 0 Å². The maximum absolute atomic E-state index is 10.7. The molecule has 17 heavy (non-hydrogen) atoms. The molecule has 2 unspecified atom stereocenters. The summed E-state index contributed by atoms with van der Waals surface area (Å²) in [5.74, 6) is 0. The van der Waals surface area contributed by atoms with E-state index in [0.29, 0.717) is 5.56 Å². The molecule has 0 aromatic heterocycles. The number of hydrogen-bond acceptors (Lipinski definition) is 3. The Morgan fingerprint density at radius 3 is 2.88 bits per heavy atom. The summed E-state index contributed by atoms with van der Waals surface area (Å²) in [7, 11) is 0. The summed E-state index contributed by atoms with van der Waals surface area (Å²) < 4.78 is 0. The second kappa shape index (κ2) is 6.22. The van der Waals surface area contributed by atoms with Crippen molar-refractivity contribution in [3.05, 3.63) is 29.8 Å². The molecule has 1 aromatic rings. The topological polar surface area (TPSA) is 37.3 Å². The minimum Gasteiger partial charge on any atom is -0.392 e. The Bertz CT molecular complexity index is 378. The van der Waals surface area contributed by atoms with Gasteiger partial charge in [0.15, 0.2) is 0 Å². The van der Waals surface area contributed by atoms with E-state index < -0.39 is 0 Å². The molecular weight excluding hydrogens is 232 g/mol. The van der Waals surface area contributed by atoms with Gasteiger partial charge in [0.25, 0.3) is 0 Å². The quantitative estimate of drug-likeness (QED) is 0.660. The Kier molecular flexibility index (Phi) is 4.63. The third kappa shape index (κ3) is 3.58. The van der Waals surface area contributed by atoms with Crippen LogP contribution in [0.1, 0.15) is 42.5 Å². The van der Waals surface area contributed by atoms with Gasteiger partial charge in [0.1, 0.15) is 6.29 Å². The predicted molar refractivity (Wildman–Crippen MR) is 70.6 cm³/mol. The zero-order chi connectivity index (χ0) is 12.1. The molecule has 2 rings (SSSR count). The maximum atomic E-state index is 10.7. The third-order valence-corrected chi connectivity index (χ3v) is 4.58. The molecule has 1 N–H and O–H groups in total. The number of benzene rings is 1. The fourth-order valence-electron chi connectivity index (χ4n) is 2.23. The van der Waals surface area contributed by atoms with Gasteiger partial charge in [-0.15, -0.1) is 11.8 Å². The first-order chi connectivity index (χ1) is 8.29. The van der Waals surface area contributed by atoms with Gasteiger partial charge in [0, 0.05) is 15.7 Å². The van der Waals surface area contributed by atoms with E-state index in [2.05, 4.69) is 0 Å². The van der Waals surface area contributed by atoms with E-state index in [9.17, 15) is 9.90 Å². The van der Waals surface area contributed by atoms with E-state index in [0.717, 1.165) is 30.4 Å². The van der Waals surface area contributed by atoms with Crippen molar-refractivity contribution in [1.82, 2.24) is 0 Å². The highest BCUT2D eigenvalue weighted by Crippen LogP contribution is 2.33. The predicted octanol–water partition coefficient (Wildman–Crippen LogP) is 3.28. The van der Waals surface area contributed by atoms with Crippen LogP contribution in [0.15, 0.2) is 29.2 Å². The highest BCUT2D eigenvalue weighted by Gasteiger charge is 2.22. The molecule has 1 aliphatic rings. The molecule has 0 radical (unpaired) electrons. The lowest BCUT2D eigenvalue weighted by Gasteiger charge is -2.19. The first kappa shape index (κ1) is 12.7. The van der Waals surface area contributed by atoms with Gasteiger partial charge in [-0.25, -0.2) is 0 Å².